The Balaban J connectivity index is 2.33. The number of ether oxygens (including phenoxy) is 1. The van der Waals surface area contributed by atoms with E-state index in [4.69, 9.17) is 4.74 Å². The fourth-order valence-corrected chi connectivity index (χ4v) is 1.40. The zero-order valence-electron chi connectivity index (χ0n) is 11.2. The first-order valence-corrected chi connectivity index (χ1v) is 6.31. The van der Waals surface area contributed by atoms with Crippen molar-refractivity contribution in [3.05, 3.63) is 34.4 Å². The van der Waals surface area contributed by atoms with Crippen LogP contribution in [-0.4, -0.2) is 35.3 Å². The summed E-state index contributed by atoms with van der Waals surface area (Å²) in [4.78, 5) is 10.0. The van der Waals surface area contributed by atoms with Crippen molar-refractivity contribution in [2.24, 2.45) is 0 Å². The van der Waals surface area contributed by atoms with Crippen LogP contribution < -0.4 is 10.1 Å². The van der Waals surface area contributed by atoms with Crippen molar-refractivity contribution in [2.45, 2.75) is 32.4 Å². The molecule has 19 heavy (non-hydrogen) atoms. The molecule has 0 fully saturated rings. The van der Waals surface area contributed by atoms with Crippen LogP contribution in [0.1, 0.15) is 20.3 Å². The highest BCUT2D eigenvalue weighted by Gasteiger charge is 2.08. The summed E-state index contributed by atoms with van der Waals surface area (Å²) in [5.41, 5.74) is 0.0198. The van der Waals surface area contributed by atoms with E-state index in [1.54, 1.807) is 0 Å². The Morgan fingerprint density at radius 3 is 2.58 bits per heavy atom. The van der Waals surface area contributed by atoms with E-state index < -0.39 is 11.0 Å². The number of hydrogen-bond acceptors (Lipinski definition) is 5. The van der Waals surface area contributed by atoms with Crippen LogP contribution in [0, 0.1) is 10.1 Å². The van der Waals surface area contributed by atoms with Crippen molar-refractivity contribution in [3.8, 4) is 5.75 Å². The van der Waals surface area contributed by atoms with Gasteiger partial charge in [0.05, 0.1) is 4.92 Å². The first-order chi connectivity index (χ1) is 9.02. The first kappa shape index (κ1) is 15.4. The average molecular weight is 268 g/mol. The minimum atomic E-state index is -0.607. The second-order valence-corrected chi connectivity index (χ2v) is 4.43. The van der Waals surface area contributed by atoms with Crippen molar-refractivity contribution < 1.29 is 14.8 Å². The van der Waals surface area contributed by atoms with Crippen LogP contribution in [0.2, 0.25) is 0 Å². The van der Waals surface area contributed by atoms with Crippen LogP contribution in [0.25, 0.3) is 0 Å². The normalized spacial score (nSPS) is 13.8. The number of rotatable bonds is 8. The van der Waals surface area contributed by atoms with Gasteiger partial charge in [0, 0.05) is 24.7 Å². The van der Waals surface area contributed by atoms with Gasteiger partial charge in [0.15, 0.2) is 0 Å². The van der Waals surface area contributed by atoms with Gasteiger partial charge in [0.1, 0.15) is 18.5 Å². The molecular weight excluding hydrogens is 248 g/mol. The Bertz CT molecular complexity index is 394. The van der Waals surface area contributed by atoms with Gasteiger partial charge < -0.3 is 15.2 Å². The summed E-state index contributed by atoms with van der Waals surface area (Å²) in [6.45, 7) is 4.73. The molecule has 0 aliphatic carbocycles. The summed E-state index contributed by atoms with van der Waals surface area (Å²) < 4.78 is 5.36. The molecule has 1 rings (SSSR count). The lowest BCUT2D eigenvalue weighted by Crippen LogP contribution is -2.36. The molecule has 0 amide bonds. The molecule has 6 nitrogen and oxygen atoms in total. The summed E-state index contributed by atoms with van der Waals surface area (Å²) in [5.74, 6) is 0.508. The van der Waals surface area contributed by atoms with Crippen LogP contribution in [-0.2, 0) is 0 Å². The maximum absolute atomic E-state index is 10.5. The molecule has 0 heterocycles. The molecule has 0 unspecified atom stereocenters. The summed E-state index contributed by atoms with van der Waals surface area (Å²) in [6.07, 6.45) is 0.389. The van der Waals surface area contributed by atoms with Crippen molar-refractivity contribution >= 4 is 5.69 Å². The molecule has 0 saturated heterocycles. The highest BCUT2D eigenvalue weighted by atomic mass is 16.6. The Morgan fingerprint density at radius 1 is 1.42 bits per heavy atom. The van der Waals surface area contributed by atoms with Gasteiger partial charge in [0.2, 0.25) is 0 Å². The number of benzene rings is 1. The van der Waals surface area contributed by atoms with Crippen LogP contribution in [0.5, 0.6) is 5.75 Å². The number of nitrogens with one attached hydrogen (secondary N) is 1. The Labute approximate surface area is 112 Å². The van der Waals surface area contributed by atoms with E-state index in [2.05, 4.69) is 12.2 Å². The van der Waals surface area contributed by atoms with Gasteiger partial charge in [-0.3, -0.25) is 10.1 Å². The van der Waals surface area contributed by atoms with Crippen LogP contribution in [0.3, 0.4) is 0 Å². The fourth-order valence-electron chi connectivity index (χ4n) is 1.40. The van der Waals surface area contributed by atoms with E-state index in [1.165, 1.54) is 24.3 Å². The molecule has 2 atom stereocenters. The molecule has 2 N–H and O–H groups in total. The topological polar surface area (TPSA) is 84.6 Å². The van der Waals surface area contributed by atoms with Crippen molar-refractivity contribution in [1.82, 2.24) is 5.32 Å². The largest absolute Gasteiger partial charge is 0.491 e. The van der Waals surface area contributed by atoms with E-state index in [0.717, 1.165) is 6.42 Å². The number of aliphatic hydroxyl groups is 1. The molecule has 0 aliphatic heterocycles. The molecule has 1 aromatic rings. The molecule has 0 aromatic heterocycles. The second kappa shape index (κ2) is 7.70. The van der Waals surface area contributed by atoms with Gasteiger partial charge in [-0.15, -0.1) is 0 Å². The van der Waals surface area contributed by atoms with Gasteiger partial charge in [-0.1, -0.05) is 6.92 Å². The predicted octanol–water partition coefficient (Wildman–Crippen LogP) is 1.72. The Hall–Kier alpha value is -1.66. The number of nitro groups is 1. The summed E-state index contributed by atoms with van der Waals surface area (Å²) >= 11 is 0. The van der Waals surface area contributed by atoms with Crippen LogP contribution in [0.4, 0.5) is 5.69 Å². The van der Waals surface area contributed by atoms with Crippen molar-refractivity contribution in [1.29, 1.82) is 0 Å². The van der Waals surface area contributed by atoms with Gasteiger partial charge in [-0.05, 0) is 25.5 Å². The van der Waals surface area contributed by atoms with E-state index >= 15 is 0 Å². The second-order valence-electron chi connectivity index (χ2n) is 4.43. The van der Waals surface area contributed by atoms with Crippen LogP contribution in [0.15, 0.2) is 24.3 Å². The number of non-ortho nitro benzene ring substituents is 1. The lowest BCUT2D eigenvalue weighted by molar-refractivity contribution is -0.384. The van der Waals surface area contributed by atoms with Gasteiger partial charge in [0.25, 0.3) is 5.69 Å². The third-order valence-corrected chi connectivity index (χ3v) is 2.80. The molecule has 0 spiro atoms. The maximum atomic E-state index is 10.5. The quantitative estimate of drug-likeness (QED) is 0.554. The Kier molecular flexibility index (Phi) is 6.24. The lowest BCUT2D eigenvalue weighted by atomic mass is 10.2. The predicted molar refractivity (Wildman–Crippen MR) is 72.4 cm³/mol. The van der Waals surface area contributed by atoms with Gasteiger partial charge in [-0.25, -0.2) is 0 Å². The number of aliphatic hydroxyl groups excluding tert-OH is 1. The number of nitrogens with zero attached hydrogens (tertiary/aromatic N) is 1. The monoisotopic (exact) mass is 268 g/mol. The smallest absolute Gasteiger partial charge is 0.269 e. The maximum Gasteiger partial charge on any atom is 0.269 e. The molecule has 0 radical (unpaired) electrons. The molecular formula is C13H20N2O4. The zero-order valence-corrected chi connectivity index (χ0v) is 11.2. The van der Waals surface area contributed by atoms with Gasteiger partial charge >= 0.3 is 0 Å². The van der Waals surface area contributed by atoms with E-state index in [9.17, 15) is 15.2 Å². The average Bonchev–Trinajstić information content (AvgIpc) is 2.42. The highest BCUT2D eigenvalue weighted by molar-refractivity contribution is 5.35. The summed E-state index contributed by atoms with van der Waals surface area (Å²) in [7, 11) is 0. The fraction of sp³-hybridized carbons (Fsp3) is 0.538. The third-order valence-electron chi connectivity index (χ3n) is 2.80. The molecule has 0 bridgehead atoms. The minimum Gasteiger partial charge on any atom is -0.491 e. The molecule has 1 aromatic carbocycles. The first-order valence-electron chi connectivity index (χ1n) is 6.31. The highest BCUT2D eigenvalue weighted by Crippen LogP contribution is 2.17. The third kappa shape index (κ3) is 5.67. The number of hydrogen-bond donors (Lipinski definition) is 2. The lowest BCUT2D eigenvalue weighted by Gasteiger charge is -2.16. The molecule has 6 heteroatoms. The van der Waals surface area contributed by atoms with Crippen molar-refractivity contribution in [2.75, 3.05) is 13.2 Å². The zero-order chi connectivity index (χ0) is 14.3. The molecule has 106 valence electrons. The summed E-state index contributed by atoms with van der Waals surface area (Å²) in [6, 6.07) is 6.15. The molecule has 0 saturated carbocycles. The van der Waals surface area contributed by atoms with Crippen molar-refractivity contribution in [3.63, 3.8) is 0 Å². The molecule has 0 aliphatic rings. The van der Waals surface area contributed by atoms with Crippen LogP contribution >= 0.6 is 0 Å². The SMILES string of the molecule is CC[C@H](C)NC[C@H](O)COc1ccc([N+](=O)[O-])cc1. The number of nitro benzene ring substituents is 1. The van der Waals surface area contributed by atoms with E-state index in [-0.39, 0.29) is 12.3 Å². The summed E-state index contributed by atoms with van der Waals surface area (Å²) in [5, 5.41) is 23.3. The van der Waals surface area contributed by atoms with E-state index in [0.29, 0.717) is 18.3 Å². The van der Waals surface area contributed by atoms with Gasteiger partial charge in [-0.2, -0.15) is 0 Å². The standard InChI is InChI=1S/C13H20N2O4/c1-3-10(2)14-8-12(16)9-19-13-6-4-11(5-7-13)15(17)18/h4-7,10,12,14,16H,3,8-9H2,1-2H3/t10-,12-/m0/s1. The Morgan fingerprint density at radius 2 is 2.05 bits per heavy atom. The van der Waals surface area contributed by atoms with E-state index in [1.807, 2.05) is 6.92 Å². The minimum absolute atomic E-state index is 0.0198.